The summed E-state index contributed by atoms with van der Waals surface area (Å²) in [5.74, 6) is -0.565. The van der Waals surface area contributed by atoms with E-state index in [1.807, 2.05) is 0 Å². The lowest BCUT2D eigenvalue weighted by Gasteiger charge is -2.15. The molecule has 0 rings (SSSR count). The Morgan fingerprint density at radius 2 is 0.525 bits per heavy atom. The molecule has 0 saturated heterocycles. The largest absolute Gasteiger partial charge is 0.462 e. The van der Waals surface area contributed by atoms with E-state index in [0.29, 0.717) is 12.8 Å². The molecule has 59 heavy (non-hydrogen) atoms. The number of hydrogen-bond acceptors (Lipinski definition) is 5. The fourth-order valence-corrected chi connectivity index (χ4v) is 8.56. The standard InChI is InChI=1S/C54H106O5/c1-3-5-7-9-11-13-15-17-19-21-23-24-25-26-27-28-29-30-31-33-35-37-39-41-43-45-47-49-54(57)59-52(50-55)51-58-53(56)48-46-44-42-40-38-36-34-32-22-20-18-16-14-12-10-8-6-4-2/h52,55H,3-51H2,1-2H3. The number of aliphatic hydroxyl groups excluding tert-OH is 1. The number of aliphatic hydroxyl groups is 1. The molecule has 1 unspecified atom stereocenters. The Balaban J connectivity index is 3.39. The Morgan fingerprint density at radius 3 is 0.746 bits per heavy atom. The summed E-state index contributed by atoms with van der Waals surface area (Å²) in [6.45, 7) is 4.20. The van der Waals surface area contributed by atoms with Crippen LogP contribution < -0.4 is 0 Å². The van der Waals surface area contributed by atoms with Crippen LogP contribution in [0.5, 0.6) is 0 Å². The van der Waals surface area contributed by atoms with Gasteiger partial charge in [0.2, 0.25) is 0 Å². The molecule has 0 aliphatic heterocycles. The molecule has 1 N–H and O–H groups in total. The van der Waals surface area contributed by atoms with Crippen molar-refractivity contribution in [1.29, 1.82) is 0 Å². The molecule has 0 heterocycles. The van der Waals surface area contributed by atoms with E-state index < -0.39 is 6.10 Å². The second kappa shape index (κ2) is 51.3. The summed E-state index contributed by atoms with van der Waals surface area (Å²) in [6, 6.07) is 0. The molecule has 0 radical (unpaired) electrons. The minimum Gasteiger partial charge on any atom is -0.462 e. The molecular formula is C54H106O5. The highest BCUT2D eigenvalue weighted by Crippen LogP contribution is 2.18. The first-order valence-corrected chi connectivity index (χ1v) is 27.1. The van der Waals surface area contributed by atoms with Crippen LogP contribution in [0.2, 0.25) is 0 Å². The topological polar surface area (TPSA) is 72.8 Å². The molecule has 0 aromatic heterocycles. The third-order valence-corrected chi connectivity index (χ3v) is 12.7. The summed E-state index contributed by atoms with van der Waals surface area (Å²) in [4.78, 5) is 24.5. The van der Waals surface area contributed by atoms with E-state index in [4.69, 9.17) is 9.47 Å². The first-order valence-electron chi connectivity index (χ1n) is 27.1. The molecule has 5 heteroatoms. The zero-order valence-electron chi connectivity index (χ0n) is 40.3. The van der Waals surface area contributed by atoms with Gasteiger partial charge in [-0.25, -0.2) is 0 Å². The molecule has 0 aliphatic carbocycles. The van der Waals surface area contributed by atoms with Crippen molar-refractivity contribution in [3.8, 4) is 0 Å². The Labute approximate surface area is 369 Å². The van der Waals surface area contributed by atoms with Gasteiger partial charge in [-0.15, -0.1) is 0 Å². The van der Waals surface area contributed by atoms with E-state index >= 15 is 0 Å². The van der Waals surface area contributed by atoms with Gasteiger partial charge >= 0.3 is 11.9 Å². The number of carbonyl (C=O) groups is 2. The number of unbranched alkanes of at least 4 members (excludes halogenated alkanes) is 43. The van der Waals surface area contributed by atoms with Gasteiger partial charge < -0.3 is 14.6 Å². The van der Waals surface area contributed by atoms with Crippen LogP contribution >= 0.6 is 0 Å². The molecule has 1 atom stereocenters. The van der Waals surface area contributed by atoms with Crippen LogP contribution in [-0.4, -0.2) is 36.4 Å². The Morgan fingerprint density at radius 1 is 0.322 bits per heavy atom. The molecule has 0 spiro atoms. The van der Waals surface area contributed by atoms with Crippen LogP contribution in [0.15, 0.2) is 0 Å². The van der Waals surface area contributed by atoms with Crippen molar-refractivity contribution in [1.82, 2.24) is 0 Å². The van der Waals surface area contributed by atoms with E-state index in [9.17, 15) is 14.7 Å². The van der Waals surface area contributed by atoms with Crippen LogP contribution in [-0.2, 0) is 19.1 Å². The molecular weight excluding hydrogens is 729 g/mol. The van der Waals surface area contributed by atoms with Gasteiger partial charge in [0, 0.05) is 12.8 Å². The van der Waals surface area contributed by atoms with Crippen molar-refractivity contribution < 1.29 is 24.2 Å². The number of carbonyl (C=O) groups excluding carboxylic acids is 2. The van der Waals surface area contributed by atoms with E-state index in [-0.39, 0.29) is 25.2 Å². The zero-order chi connectivity index (χ0) is 42.8. The van der Waals surface area contributed by atoms with Gasteiger partial charge in [-0.1, -0.05) is 290 Å². The first-order chi connectivity index (χ1) is 29.1. The normalized spacial score (nSPS) is 12.0. The van der Waals surface area contributed by atoms with E-state index in [1.165, 1.54) is 257 Å². The number of rotatable bonds is 51. The third-order valence-electron chi connectivity index (χ3n) is 12.7. The van der Waals surface area contributed by atoms with Crippen LogP contribution in [0.4, 0.5) is 0 Å². The lowest BCUT2D eigenvalue weighted by molar-refractivity contribution is -0.161. The number of ether oxygens (including phenoxy) is 2. The fraction of sp³-hybridized carbons (Fsp3) is 0.963. The molecule has 0 aromatic carbocycles. The predicted octanol–water partition coefficient (Wildman–Crippen LogP) is 17.8. The second-order valence-corrected chi connectivity index (χ2v) is 18.7. The van der Waals surface area contributed by atoms with Crippen molar-refractivity contribution in [3.05, 3.63) is 0 Å². The van der Waals surface area contributed by atoms with E-state index in [0.717, 1.165) is 32.1 Å². The average Bonchev–Trinajstić information content (AvgIpc) is 3.24. The summed E-state index contributed by atoms with van der Waals surface area (Å²) in [6.07, 6.45) is 60.7. The van der Waals surface area contributed by atoms with Crippen LogP contribution in [0.25, 0.3) is 0 Å². The van der Waals surface area contributed by atoms with Crippen LogP contribution in [0.1, 0.15) is 316 Å². The Hall–Kier alpha value is -1.10. The molecule has 352 valence electrons. The summed E-state index contributed by atoms with van der Waals surface area (Å²) in [5, 5.41) is 9.63. The fourth-order valence-electron chi connectivity index (χ4n) is 8.56. The SMILES string of the molecule is CCCCCCCCCCCCCCCCCCCCCCCCCCCCCC(=O)OC(CO)COC(=O)CCCCCCCCCCCCCCCCCCCC. The molecule has 0 fully saturated rings. The monoisotopic (exact) mass is 835 g/mol. The highest BCUT2D eigenvalue weighted by atomic mass is 16.6. The van der Waals surface area contributed by atoms with Gasteiger partial charge in [0.25, 0.3) is 0 Å². The van der Waals surface area contributed by atoms with Crippen molar-refractivity contribution in [2.45, 2.75) is 322 Å². The van der Waals surface area contributed by atoms with Gasteiger partial charge in [0.1, 0.15) is 6.61 Å². The average molecular weight is 835 g/mol. The van der Waals surface area contributed by atoms with Gasteiger partial charge in [-0.05, 0) is 12.8 Å². The van der Waals surface area contributed by atoms with Gasteiger partial charge in [0.15, 0.2) is 6.10 Å². The predicted molar refractivity (Wildman–Crippen MR) is 256 cm³/mol. The van der Waals surface area contributed by atoms with E-state index in [1.54, 1.807) is 0 Å². The summed E-state index contributed by atoms with van der Waals surface area (Å²) >= 11 is 0. The molecule has 0 bridgehead atoms. The second-order valence-electron chi connectivity index (χ2n) is 18.7. The maximum atomic E-state index is 12.3. The van der Waals surface area contributed by atoms with Crippen molar-refractivity contribution in [3.63, 3.8) is 0 Å². The summed E-state index contributed by atoms with van der Waals surface area (Å²) < 4.78 is 10.7. The maximum absolute atomic E-state index is 12.3. The molecule has 0 amide bonds. The Kier molecular flexibility index (Phi) is 50.3. The zero-order valence-corrected chi connectivity index (χ0v) is 40.3. The lowest BCUT2D eigenvalue weighted by atomic mass is 10.0. The van der Waals surface area contributed by atoms with Crippen LogP contribution in [0.3, 0.4) is 0 Å². The smallest absolute Gasteiger partial charge is 0.306 e. The van der Waals surface area contributed by atoms with Crippen molar-refractivity contribution in [2.75, 3.05) is 13.2 Å². The molecule has 5 nitrogen and oxygen atoms in total. The van der Waals surface area contributed by atoms with Gasteiger partial charge in [0.05, 0.1) is 6.61 Å². The summed E-state index contributed by atoms with van der Waals surface area (Å²) in [5.41, 5.74) is 0. The third kappa shape index (κ3) is 49.4. The van der Waals surface area contributed by atoms with Crippen LogP contribution in [0, 0.1) is 0 Å². The van der Waals surface area contributed by atoms with Crippen molar-refractivity contribution >= 4 is 11.9 Å². The van der Waals surface area contributed by atoms with Crippen molar-refractivity contribution in [2.24, 2.45) is 0 Å². The quantitative estimate of drug-likeness (QED) is 0.0488. The Bertz CT molecular complexity index is 815. The molecule has 0 saturated carbocycles. The minimum absolute atomic E-state index is 0.0559. The maximum Gasteiger partial charge on any atom is 0.306 e. The summed E-state index contributed by atoms with van der Waals surface area (Å²) in [7, 11) is 0. The number of esters is 2. The number of hydrogen-bond donors (Lipinski definition) is 1. The first kappa shape index (κ1) is 57.9. The van der Waals surface area contributed by atoms with E-state index in [2.05, 4.69) is 13.8 Å². The van der Waals surface area contributed by atoms with Gasteiger partial charge in [-0.3, -0.25) is 9.59 Å². The molecule has 0 aliphatic rings. The molecule has 0 aromatic rings. The van der Waals surface area contributed by atoms with Gasteiger partial charge in [-0.2, -0.15) is 0 Å². The minimum atomic E-state index is -0.763. The highest BCUT2D eigenvalue weighted by molar-refractivity contribution is 5.70. The highest BCUT2D eigenvalue weighted by Gasteiger charge is 2.16. The lowest BCUT2D eigenvalue weighted by Crippen LogP contribution is -2.28.